The molecule has 0 aliphatic carbocycles. The van der Waals surface area contributed by atoms with Gasteiger partial charge < -0.3 is 14.6 Å². The monoisotopic (exact) mass is 372 g/mol. The van der Waals surface area contributed by atoms with Crippen LogP contribution in [0.3, 0.4) is 0 Å². The third-order valence-corrected chi connectivity index (χ3v) is 4.09. The highest BCUT2D eigenvalue weighted by molar-refractivity contribution is 6.05. The number of hydrogen-bond donors (Lipinski definition) is 2. The van der Waals surface area contributed by atoms with Crippen LogP contribution in [0.1, 0.15) is 36.1 Å². The number of hydrogen-bond acceptors (Lipinski definition) is 6. The summed E-state index contributed by atoms with van der Waals surface area (Å²) in [6, 6.07) is 6.38. The average molecular weight is 372 g/mol. The quantitative estimate of drug-likeness (QED) is 0.652. The Bertz CT molecular complexity index is 1020. The first-order valence-electron chi connectivity index (χ1n) is 8.53. The second-order valence-electron chi connectivity index (χ2n) is 5.95. The molecule has 0 atom stereocenters. The van der Waals surface area contributed by atoms with Gasteiger partial charge in [0.15, 0.2) is 11.4 Å². The SMILES string of the molecule is CCCCn1c(N)c(N(Cc2ccco2)C(=O)c2ccco2)c(=O)[nH]c1=O. The number of rotatable bonds is 7. The molecule has 0 bridgehead atoms. The van der Waals surface area contributed by atoms with Gasteiger partial charge in [-0.2, -0.15) is 0 Å². The lowest BCUT2D eigenvalue weighted by atomic mass is 10.2. The molecule has 3 aromatic heterocycles. The highest BCUT2D eigenvalue weighted by Gasteiger charge is 2.27. The van der Waals surface area contributed by atoms with Crippen LogP contribution in [0.15, 0.2) is 55.2 Å². The maximum absolute atomic E-state index is 12.9. The van der Waals surface area contributed by atoms with Crippen molar-refractivity contribution >= 4 is 17.4 Å². The fourth-order valence-electron chi connectivity index (χ4n) is 2.72. The first-order chi connectivity index (χ1) is 13.0. The maximum Gasteiger partial charge on any atom is 0.330 e. The van der Waals surface area contributed by atoms with E-state index >= 15 is 0 Å². The summed E-state index contributed by atoms with van der Waals surface area (Å²) in [5, 5.41) is 0. The molecular formula is C18H20N4O5. The molecule has 0 saturated heterocycles. The minimum absolute atomic E-state index is 0.0339. The standard InChI is InChI=1S/C18H20N4O5/c1-2-3-8-21-15(19)14(16(23)20-18(21)25)22(11-12-6-4-9-26-12)17(24)13-7-5-10-27-13/h4-7,9-10H,2-3,8,11,19H2,1H3,(H,20,23,25). The number of furan rings is 2. The van der Waals surface area contributed by atoms with Gasteiger partial charge in [0, 0.05) is 6.54 Å². The average Bonchev–Trinajstić information content (AvgIpc) is 3.34. The van der Waals surface area contributed by atoms with Crippen molar-refractivity contribution in [2.24, 2.45) is 0 Å². The predicted octanol–water partition coefficient (Wildman–Crippen LogP) is 1.95. The molecule has 0 aliphatic heterocycles. The number of nitrogens with one attached hydrogen (secondary N) is 1. The Balaban J connectivity index is 2.12. The molecular weight excluding hydrogens is 352 g/mol. The molecule has 3 heterocycles. The highest BCUT2D eigenvalue weighted by Crippen LogP contribution is 2.22. The summed E-state index contributed by atoms with van der Waals surface area (Å²) < 4.78 is 11.7. The van der Waals surface area contributed by atoms with Crippen LogP contribution in [-0.2, 0) is 13.1 Å². The second-order valence-corrected chi connectivity index (χ2v) is 5.95. The third kappa shape index (κ3) is 3.71. The molecule has 9 heteroatoms. The van der Waals surface area contributed by atoms with Gasteiger partial charge in [-0.1, -0.05) is 13.3 Å². The van der Waals surface area contributed by atoms with Crippen molar-refractivity contribution in [1.82, 2.24) is 9.55 Å². The van der Waals surface area contributed by atoms with Crippen molar-refractivity contribution in [3.8, 4) is 0 Å². The van der Waals surface area contributed by atoms with E-state index in [2.05, 4.69) is 4.98 Å². The normalized spacial score (nSPS) is 10.9. The summed E-state index contributed by atoms with van der Waals surface area (Å²) in [6.45, 7) is 2.25. The lowest BCUT2D eigenvalue weighted by molar-refractivity contribution is 0.0956. The van der Waals surface area contributed by atoms with Crippen LogP contribution in [0.25, 0.3) is 0 Å². The maximum atomic E-state index is 12.9. The van der Waals surface area contributed by atoms with Crippen LogP contribution in [0.4, 0.5) is 11.5 Å². The molecule has 142 valence electrons. The number of unbranched alkanes of at least 4 members (excludes halogenated alkanes) is 1. The van der Waals surface area contributed by atoms with Crippen LogP contribution < -0.4 is 21.9 Å². The number of nitrogens with zero attached hydrogens (tertiary/aromatic N) is 2. The van der Waals surface area contributed by atoms with E-state index in [1.807, 2.05) is 6.92 Å². The van der Waals surface area contributed by atoms with Gasteiger partial charge in [-0.3, -0.25) is 24.0 Å². The summed E-state index contributed by atoms with van der Waals surface area (Å²) in [5.74, 6) is -0.176. The molecule has 9 nitrogen and oxygen atoms in total. The van der Waals surface area contributed by atoms with Crippen molar-refractivity contribution < 1.29 is 13.6 Å². The smallest absolute Gasteiger partial charge is 0.330 e. The van der Waals surface area contributed by atoms with Gasteiger partial charge in [0.25, 0.3) is 11.5 Å². The minimum Gasteiger partial charge on any atom is -0.467 e. The van der Waals surface area contributed by atoms with Gasteiger partial charge in [0.1, 0.15) is 11.6 Å². The molecule has 27 heavy (non-hydrogen) atoms. The van der Waals surface area contributed by atoms with Crippen LogP contribution >= 0.6 is 0 Å². The lowest BCUT2D eigenvalue weighted by Gasteiger charge is -2.22. The zero-order valence-electron chi connectivity index (χ0n) is 14.8. The first kappa shape index (κ1) is 18.3. The van der Waals surface area contributed by atoms with Gasteiger partial charge in [-0.05, 0) is 30.7 Å². The zero-order valence-corrected chi connectivity index (χ0v) is 14.8. The number of aromatic amines is 1. The Kier molecular flexibility index (Phi) is 5.30. The number of amides is 1. The summed E-state index contributed by atoms with van der Waals surface area (Å²) in [5.41, 5.74) is 4.65. The summed E-state index contributed by atoms with van der Waals surface area (Å²) in [6.07, 6.45) is 4.34. The molecule has 0 aliphatic rings. The molecule has 0 fully saturated rings. The molecule has 3 aromatic rings. The third-order valence-electron chi connectivity index (χ3n) is 4.09. The molecule has 0 unspecified atom stereocenters. The number of aromatic nitrogens is 2. The van der Waals surface area contributed by atoms with Gasteiger partial charge in [-0.15, -0.1) is 0 Å². The lowest BCUT2D eigenvalue weighted by Crippen LogP contribution is -2.40. The fraction of sp³-hybridized carbons (Fsp3) is 0.278. The van der Waals surface area contributed by atoms with E-state index in [0.717, 1.165) is 11.3 Å². The molecule has 0 aromatic carbocycles. The van der Waals surface area contributed by atoms with E-state index in [4.69, 9.17) is 14.6 Å². The van der Waals surface area contributed by atoms with E-state index in [9.17, 15) is 14.4 Å². The topological polar surface area (TPSA) is 127 Å². The Hall–Kier alpha value is -3.49. The van der Waals surface area contributed by atoms with E-state index in [1.165, 1.54) is 23.2 Å². The van der Waals surface area contributed by atoms with Gasteiger partial charge in [-0.25, -0.2) is 4.79 Å². The Morgan fingerprint density at radius 2 is 1.96 bits per heavy atom. The Morgan fingerprint density at radius 3 is 2.59 bits per heavy atom. The van der Waals surface area contributed by atoms with E-state index in [-0.39, 0.29) is 23.8 Å². The fourth-order valence-corrected chi connectivity index (χ4v) is 2.72. The minimum atomic E-state index is -0.753. The number of H-pyrrole nitrogens is 1. The zero-order chi connectivity index (χ0) is 19.4. The second kappa shape index (κ2) is 7.81. The van der Waals surface area contributed by atoms with E-state index < -0.39 is 17.2 Å². The summed E-state index contributed by atoms with van der Waals surface area (Å²) in [4.78, 5) is 41.0. The van der Waals surface area contributed by atoms with Crippen LogP contribution in [0, 0.1) is 0 Å². The summed E-state index contributed by atoms with van der Waals surface area (Å²) in [7, 11) is 0. The number of nitrogens with two attached hydrogens (primary N) is 1. The number of nitrogen functional groups attached to an aromatic ring is 1. The van der Waals surface area contributed by atoms with Crippen LogP contribution in [0.5, 0.6) is 0 Å². The predicted molar refractivity (Wildman–Crippen MR) is 98.6 cm³/mol. The molecule has 0 radical (unpaired) electrons. The molecule has 1 amide bonds. The van der Waals surface area contributed by atoms with Crippen LogP contribution in [0.2, 0.25) is 0 Å². The van der Waals surface area contributed by atoms with Gasteiger partial charge in [0.05, 0.1) is 19.1 Å². The largest absolute Gasteiger partial charge is 0.467 e. The molecule has 0 saturated carbocycles. The first-order valence-corrected chi connectivity index (χ1v) is 8.53. The number of anilines is 2. The van der Waals surface area contributed by atoms with Crippen molar-refractivity contribution in [3.63, 3.8) is 0 Å². The van der Waals surface area contributed by atoms with E-state index in [0.29, 0.717) is 18.7 Å². The molecule has 3 N–H and O–H groups in total. The van der Waals surface area contributed by atoms with Crippen molar-refractivity contribution in [2.45, 2.75) is 32.9 Å². The Morgan fingerprint density at radius 1 is 1.22 bits per heavy atom. The summed E-state index contributed by atoms with van der Waals surface area (Å²) >= 11 is 0. The number of carbonyl (C=O) groups is 1. The van der Waals surface area contributed by atoms with Crippen molar-refractivity contribution in [2.75, 3.05) is 10.6 Å². The van der Waals surface area contributed by atoms with Crippen molar-refractivity contribution in [3.05, 3.63) is 69.2 Å². The van der Waals surface area contributed by atoms with E-state index in [1.54, 1.807) is 18.2 Å². The van der Waals surface area contributed by atoms with Crippen LogP contribution in [-0.4, -0.2) is 15.5 Å². The van der Waals surface area contributed by atoms with Gasteiger partial charge in [0.2, 0.25) is 0 Å². The molecule has 0 spiro atoms. The molecule has 3 rings (SSSR count). The number of carbonyl (C=O) groups excluding carboxylic acids is 1. The highest BCUT2D eigenvalue weighted by atomic mass is 16.3. The Labute approximate surface area is 154 Å². The van der Waals surface area contributed by atoms with Crippen molar-refractivity contribution in [1.29, 1.82) is 0 Å². The van der Waals surface area contributed by atoms with Gasteiger partial charge >= 0.3 is 5.69 Å².